The van der Waals surface area contributed by atoms with Crippen LogP contribution in [0.3, 0.4) is 0 Å². The number of carbonyl (C=O) groups excluding carboxylic acids is 2. The summed E-state index contributed by atoms with van der Waals surface area (Å²) in [5.41, 5.74) is 1.44. The average Bonchev–Trinajstić information content (AvgIpc) is 3.30. The Balaban J connectivity index is 1.64. The molecule has 27 heavy (non-hydrogen) atoms. The first-order valence-corrected chi connectivity index (χ1v) is 10.3. The predicted octanol–water partition coefficient (Wildman–Crippen LogP) is 3.27. The fourth-order valence-corrected chi connectivity index (χ4v) is 6.14. The number of esters is 1. The lowest BCUT2D eigenvalue weighted by atomic mass is 9.82. The van der Waals surface area contributed by atoms with Gasteiger partial charge >= 0.3 is 11.9 Å². The number of rotatable bonds is 4. The van der Waals surface area contributed by atoms with Crippen LogP contribution in [-0.2, 0) is 27.2 Å². The van der Waals surface area contributed by atoms with Crippen molar-refractivity contribution in [1.29, 1.82) is 0 Å². The number of carboxylic acid groups (broad SMARTS) is 1. The lowest BCUT2D eigenvalue weighted by molar-refractivity contribution is -0.146. The number of aryl methyl sites for hydroxylation is 1. The summed E-state index contributed by atoms with van der Waals surface area (Å²) in [5.74, 6) is -3.08. The van der Waals surface area contributed by atoms with Gasteiger partial charge in [-0.1, -0.05) is 18.6 Å². The van der Waals surface area contributed by atoms with Crippen molar-refractivity contribution < 1.29 is 24.2 Å². The molecular weight excluding hydrogens is 366 g/mol. The molecule has 0 unspecified atom stereocenters. The Morgan fingerprint density at radius 2 is 1.81 bits per heavy atom. The highest BCUT2D eigenvalue weighted by atomic mass is 32.1. The molecule has 4 rings (SSSR count). The van der Waals surface area contributed by atoms with Crippen molar-refractivity contribution in [3.05, 3.63) is 28.2 Å². The smallest absolute Gasteiger partial charge is 0.341 e. The molecule has 0 saturated heterocycles. The van der Waals surface area contributed by atoms with Crippen molar-refractivity contribution in [2.75, 3.05) is 12.4 Å². The number of methoxy groups -OCH3 is 1. The molecule has 0 aromatic carbocycles. The van der Waals surface area contributed by atoms with Gasteiger partial charge in [0.05, 0.1) is 24.5 Å². The van der Waals surface area contributed by atoms with Crippen LogP contribution in [0.5, 0.6) is 0 Å². The molecule has 6 nitrogen and oxygen atoms in total. The van der Waals surface area contributed by atoms with Gasteiger partial charge in [-0.15, -0.1) is 11.3 Å². The lowest BCUT2D eigenvalue weighted by Gasteiger charge is -2.23. The Hall–Kier alpha value is -2.15. The number of carbonyl (C=O) groups is 3. The minimum atomic E-state index is -0.929. The summed E-state index contributed by atoms with van der Waals surface area (Å²) >= 11 is 1.44. The highest BCUT2D eigenvalue weighted by Gasteiger charge is 2.51. The van der Waals surface area contributed by atoms with Gasteiger partial charge in [0, 0.05) is 4.88 Å². The monoisotopic (exact) mass is 389 g/mol. The fraction of sp³-hybridized carbons (Fsp3) is 0.550. The first kappa shape index (κ1) is 18.2. The number of nitrogens with one attached hydrogen (secondary N) is 1. The molecular formula is C20H23NO5S. The number of fused-ring (bicyclic) bond motifs is 3. The van der Waals surface area contributed by atoms with Gasteiger partial charge in [0.15, 0.2) is 0 Å². The molecule has 2 bridgehead atoms. The SMILES string of the molecule is COC(=O)c1c(NC(=O)[C@H]2[C@@H](C(=O)O)[C@H]3C=C[C@H]2C3)sc2c1CCCCC2. The number of aliphatic carboxylic acids is 1. The van der Waals surface area contributed by atoms with Crippen LogP contribution in [0.2, 0.25) is 0 Å². The molecule has 2 N–H and O–H groups in total. The average molecular weight is 389 g/mol. The van der Waals surface area contributed by atoms with E-state index in [0.29, 0.717) is 17.0 Å². The number of anilines is 1. The maximum Gasteiger partial charge on any atom is 0.341 e. The van der Waals surface area contributed by atoms with Crippen molar-refractivity contribution in [1.82, 2.24) is 0 Å². The van der Waals surface area contributed by atoms with Crippen molar-refractivity contribution >= 4 is 34.2 Å². The van der Waals surface area contributed by atoms with E-state index >= 15 is 0 Å². The van der Waals surface area contributed by atoms with E-state index in [4.69, 9.17) is 4.74 Å². The Labute approximate surface area is 161 Å². The summed E-state index contributed by atoms with van der Waals surface area (Å²) in [6.45, 7) is 0. The summed E-state index contributed by atoms with van der Waals surface area (Å²) in [6.07, 6.45) is 9.50. The van der Waals surface area contributed by atoms with E-state index < -0.39 is 23.8 Å². The molecule has 1 aromatic rings. The minimum absolute atomic E-state index is 0.0459. The second-order valence-electron chi connectivity index (χ2n) is 7.59. The Morgan fingerprint density at radius 3 is 2.52 bits per heavy atom. The van der Waals surface area contributed by atoms with E-state index in [2.05, 4.69) is 5.32 Å². The van der Waals surface area contributed by atoms with Crippen LogP contribution in [0.1, 0.15) is 46.5 Å². The second-order valence-corrected chi connectivity index (χ2v) is 8.69. The van der Waals surface area contributed by atoms with E-state index in [1.165, 1.54) is 18.4 Å². The Morgan fingerprint density at radius 1 is 1.11 bits per heavy atom. The van der Waals surface area contributed by atoms with Gasteiger partial charge in [0.25, 0.3) is 0 Å². The Bertz CT molecular complexity index is 827. The van der Waals surface area contributed by atoms with Crippen LogP contribution >= 0.6 is 11.3 Å². The highest BCUT2D eigenvalue weighted by molar-refractivity contribution is 7.17. The summed E-state index contributed by atoms with van der Waals surface area (Å²) in [7, 11) is 1.34. The molecule has 144 valence electrons. The van der Waals surface area contributed by atoms with Gasteiger partial charge in [-0.3, -0.25) is 9.59 Å². The molecule has 1 heterocycles. The topological polar surface area (TPSA) is 92.7 Å². The van der Waals surface area contributed by atoms with E-state index in [-0.39, 0.29) is 17.7 Å². The molecule has 0 radical (unpaired) electrons. The van der Waals surface area contributed by atoms with Gasteiger partial charge in [0.1, 0.15) is 5.00 Å². The van der Waals surface area contributed by atoms with Crippen molar-refractivity contribution in [2.24, 2.45) is 23.7 Å². The van der Waals surface area contributed by atoms with E-state index in [1.54, 1.807) is 0 Å². The van der Waals surface area contributed by atoms with E-state index in [9.17, 15) is 19.5 Å². The summed E-state index contributed by atoms with van der Waals surface area (Å²) in [4.78, 5) is 38.2. The zero-order valence-electron chi connectivity index (χ0n) is 15.2. The number of hydrogen-bond acceptors (Lipinski definition) is 5. The third kappa shape index (κ3) is 3.08. The van der Waals surface area contributed by atoms with Crippen LogP contribution in [0.25, 0.3) is 0 Å². The molecule has 1 aromatic heterocycles. The van der Waals surface area contributed by atoms with Gasteiger partial charge in [-0.05, 0) is 49.5 Å². The summed E-state index contributed by atoms with van der Waals surface area (Å²) < 4.78 is 4.97. The maximum atomic E-state index is 13.0. The third-order valence-electron chi connectivity index (χ3n) is 6.09. The van der Waals surface area contributed by atoms with Crippen LogP contribution in [0, 0.1) is 23.7 Å². The molecule has 7 heteroatoms. The number of hydrogen-bond donors (Lipinski definition) is 2. The van der Waals surface area contributed by atoms with E-state index in [1.807, 2.05) is 12.2 Å². The normalized spacial score (nSPS) is 28.5. The Kier molecular flexibility index (Phi) is 4.80. The standard InChI is InChI=1S/C20H23NO5S/c1-26-20(25)16-12-5-3-2-4-6-13(12)27-18(16)21-17(22)14-10-7-8-11(9-10)15(14)19(23)24/h7-8,10-11,14-15H,2-6,9H2,1H3,(H,21,22)(H,23,24)/t10-,11-,14+,15-/m0/s1. The summed E-state index contributed by atoms with van der Waals surface area (Å²) in [5, 5.41) is 13.0. The van der Waals surface area contributed by atoms with Crippen LogP contribution in [-0.4, -0.2) is 30.1 Å². The van der Waals surface area contributed by atoms with Gasteiger partial charge in [-0.25, -0.2) is 4.79 Å². The zero-order valence-corrected chi connectivity index (χ0v) is 16.0. The van der Waals surface area contributed by atoms with Crippen molar-refractivity contribution in [3.63, 3.8) is 0 Å². The molecule has 1 fully saturated rings. The quantitative estimate of drug-likeness (QED) is 0.468. The molecule has 1 amide bonds. The van der Waals surface area contributed by atoms with Crippen LogP contribution in [0.4, 0.5) is 5.00 Å². The van der Waals surface area contributed by atoms with E-state index in [0.717, 1.165) is 42.5 Å². The second kappa shape index (κ2) is 7.11. The van der Waals surface area contributed by atoms with Gasteiger partial charge in [0.2, 0.25) is 5.91 Å². The zero-order chi connectivity index (χ0) is 19.1. The lowest BCUT2D eigenvalue weighted by Crippen LogP contribution is -2.36. The van der Waals surface area contributed by atoms with Gasteiger partial charge < -0.3 is 15.2 Å². The molecule has 0 spiro atoms. The van der Waals surface area contributed by atoms with Crippen molar-refractivity contribution in [2.45, 2.75) is 38.5 Å². The fourth-order valence-electron chi connectivity index (χ4n) is 4.86. The van der Waals surface area contributed by atoms with Crippen LogP contribution < -0.4 is 5.32 Å². The molecule has 0 aliphatic heterocycles. The molecule has 4 atom stereocenters. The van der Waals surface area contributed by atoms with Crippen LogP contribution in [0.15, 0.2) is 12.2 Å². The number of ether oxygens (including phenoxy) is 1. The third-order valence-corrected chi connectivity index (χ3v) is 7.30. The number of thiophene rings is 1. The maximum absolute atomic E-state index is 13.0. The number of allylic oxidation sites excluding steroid dienone is 2. The molecule has 1 saturated carbocycles. The molecule has 3 aliphatic rings. The van der Waals surface area contributed by atoms with Gasteiger partial charge in [-0.2, -0.15) is 0 Å². The highest BCUT2D eigenvalue weighted by Crippen LogP contribution is 2.49. The first-order chi connectivity index (χ1) is 13.0. The van der Waals surface area contributed by atoms with Crippen molar-refractivity contribution in [3.8, 4) is 0 Å². The summed E-state index contributed by atoms with van der Waals surface area (Å²) in [6, 6.07) is 0. The number of amides is 1. The largest absolute Gasteiger partial charge is 0.481 e. The molecule has 3 aliphatic carbocycles. The predicted molar refractivity (Wildman–Crippen MR) is 101 cm³/mol. The first-order valence-electron chi connectivity index (χ1n) is 9.46. The number of carboxylic acids is 1. The minimum Gasteiger partial charge on any atom is -0.481 e.